The van der Waals surface area contributed by atoms with Gasteiger partial charge in [0.2, 0.25) is 11.8 Å². The summed E-state index contributed by atoms with van der Waals surface area (Å²) < 4.78 is 12.9. The van der Waals surface area contributed by atoms with E-state index >= 15 is 0 Å². The molecule has 2 amide bonds. The maximum absolute atomic E-state index is 12.9. The topological polar surface area (TPSA) is 61.4 Å². The molecule has 2 N–H and O–H groups in total. The molecule has 0 bridgehead atoms. The molecule has 1 aromatic rings. The van der Waals surface area contributed by atoms with Crippen LogP contribution in [0.3, 0.4) is 0 Å². The second-order valence-electron chi connectivity index (χ2n) is 6.78. The summed E-state index contributed by atoms with van der Waals surface area (Å²) >= 11 is 0. The van der Waals surface area contributed by atoms with Gasteiger partial charge in [-0.3, -0.25) is 14.5 Å². The zero-order valence-electron chi connectivity index (χ0n) is 15.5. The van der Waals surface area contributed by atoms with Crippen molar-refractivity contribution < 1.29 is 14.0 Å². The number of carbonyl (C=O) groups is 2. The zero-order chi connectivity index (χ0) is 18.2. The Morgan fingerprint density at radius 3 is 2.54 bits per heavy atom. The molecule has 1 aromatic carbocycles. The van der Waals surface area contributed by atoms with E-state index in [-0.39, 0.29) is 36.1 Å². The van der Waals surface area contributed by atoms with E-state index in [0.717, 1.165) is 31.5 Å². The maximum Gasteiger partial charge on any atom is 0.234 e. The van der Waals surface area contributed by atoms with Crippen molar-refractivity contribution in [2.45, 2.75) is 39.2 Å². The van der Waals surface area contributed by atoms with E-state index in [1.165, 1.54) is 19.1 Å². The minimum absolute atomic E-state index is 0. The number of rotatable bonds is 8. The monoisotopic (exact) mass is 385 g/mol. The fourth-order valence-electron chi connectivity index (χ4n) is 3.43. The number of likely N-dealkylation sites (tertiary alicyclic amines) is 1. The summed E-state index contributed by atoms with van der Waals surface area (Å²) in [6, 6.07) is 6.45. The van der Waals surface area contributed by atoms with Crippen LogP contribution in [0.4, 0.5) is 4.39 Å². The number of amides is 2. The third-order valence-electron chi connectivity index (χ3n) is 4.58. The SMILES string of the molecule is CCC[C@H]1CN(CC(=O)NCCc2ccc(F)cc2)C[C@@H]1NC(C)=O.Cl. The minimum atomic E-state index is -0.253. The lowest BCUT2D eigenvalue weighted by Gasteiger charge is -2.18. The third kappa shape index (κ3) is 7.30. The average molecular weight is 386 g/mol. The number of nitrogens with zero attached hydrogens (tertiary/aromatic N) is 1. The first-order valence-corrected chi connectivity index (χ1v) is 8.98. The van der Waals surface area contributed by atoms with Crippen molar-refractivity contribution in [2.24, 2.45) is 5.92 Å². The van der Waals surface area contributed by atoms with E-state index in [0.29, 0.717) is 25.4 Å². The van der Waals surface area contributed by atoms with Crippen molar-refractivity contribution >= 4 is 24.2 Å². The smallest absolute Gasteiger partial charge is 0.234 e. The second-order valence-corrected chi connectivity index (χ2v) is 6.78. The second kappa shape index (κ2) is 11.1. The summed E-state index contributed by atoms with van der Waals surface area (Å²) in [4.78, 5) is 25.6. The van der Waals surface area contributed by atoms with Crippen LogP contribution in [-0.4, -0.2) is 48.9 Å². The Kier molecular flexibility index (Phi) is 9.59. The maximum atomic E-state index is 12.9. The van der Waals surface area contributed by atoms with Crippen LogP contribution in [0.15, 0.2) is 24.3 Å². The van der Waals surface area contributed by atoms with Gasteiger partial charge in [-0.2, -0.15) is 0 Å². The zero-order valence-corrected chi connectivity index (χ0v) is 16.3. The van der Waals surface area contributed by atoms with Gasteiger partial charge in [0.15, 0.2) is 0 Å². The number of nitrogens with one attached hydrogen (secondary N) is 2. The van der Waals surface area contributed by atoms with Crippen LogP contribution in [0.1, 0.15) is 32.3 Å². The molecule has 1 aliphatic heterocycles. The lowest BCUT2D eigenvalue weighted by Crippen LogP contribution is -2.41. The summed E-state index contributed by atoms with van der Waals surface area (Å²) in [7, 11) is 0. The van der Waals surface area contributed by atoms with Crippen LogP contribution >= 0.6 is 12.4 Å². The van der Waals surface area contributed by atoms with Crippen LogP contribution < -0.4 is 10.6 Å². The molecule has 2 atom stereocenters. The fourth-order valence-corrected chi connectivity index (χ4v) is 3.43. The molecule has 0 aliphatic carbocycles. The Morgan fingerprint density at radius 2 is 1.92 bits per heavy atom. The fraction of sp³-hybridized carbons (Fsp3) is 0.579. The summed E-state index contributed by atoms with van der Waals surface area (Å²) in [5.74, 6) is 0.121. The Hall–Kier alpha value is -1.66. The highest BCUT2D eigenvalue weighted by Crippen LogP contribution is 2.21. The van der Waals surface area contributed by atoms with E-state index in [9.17, 15) is 14.0 Å². The van der Waals surface area contributed by atoms with Gasteiger partial charge in [0, 0.05) is 32.6 Å². The molecule has 26 heavy (non-hydrogen) atoms. The number of benzene rings is 1. The van der Waals surface area contributed by atoms with E-state index < -0.39 is 0 Å². The molecule has 1 saturated heterocycles. The van der Waals surface area contributed by atoms with Crippen molar-refractivity contribution in [3.05, 3.63) is 35.6 Å². The van der Waals surface area contributed by atoms with Crippen LogP contribution in [0.2, 0.25) is 0 Å². The molecule has 146 valence electrons. The van der Waals surface area contributed by atoms with Crippen molar-refractivity contribution in [1.82, 2.24) is 15.5 Å². The van der Waals surface area contributed by atoms with Crippen molar-refractivity contribution in [2.75, 3.05) is 26.2 Å². The van der Waals surface area contributed by atoms with E-state index in [2.05, 4.69) is 22.5 Å². The molecule has 2 rings (SSSR count). The Balaban J connectivity index is 0.00000338. The van der Waals surface area contributed by atoms with Crippen LogP contribution in [0.5, 0.6) is 0 Å². The Bertz CT molecular complexity index is 583. The van der Waals surface area contributed by atoms with Crippen LogP contribution in [0, 0.1) is 11.7 Å². The molecule has 0 aromatic heterocycles. The minimum Gasteiger partial charge on any atom is -0.355 e. The third-order valence-corrected chi connectivity index (χ3v) is 4.58. The van der Waals surface area contributed by atoms with E-state index in [1.54, 1.807) is 12.1 Å². The number of halogens is 2. The van der Waals surface area contributed by atoms with Crippen LogP contribution in [0.25, 0.3) is 0 Å². The molecule has 1 fully saturated rings. The summed E-state index contributed by atoms with van der Waals surface area (Å²) in [5.41, 5.74) is 0.997. The van der Waals surface area contributed by atoms with Gasteiger partial charge in [0.1, 0.15) is 5.82 Å². The highest BCUT2D eigenvalue weighted by atomic mass is 35.5. The van der Waals surface area contributed by atoms with Gasteiger partial charge >= 0.3 is 0 Å². The Morgan fingerprint density at radius 1 is 1.23 bits per heavy atom. The molecule has 5 nitrogen and oxygen atoms in total. The lowest BCUT2D eigenvalue weighted by atomic mass is 9.98. The molecule has 0 saturated carbocycles. The predicted octanol–water partition coefficient (Wildman–Crippen LogP) is 2.14. The summed E-state index contributed by atoms with van der Waals surface area (Å²) in [6.07, 6.45) is 2.80. The Labute approximate surface area is 161 Å². The normalized spacial score (nSPS) is 19.7. The van der Waals surface area contributed by atoms with Gasteiger partial charge in [-0.05, 0) is 36.5 Å². The summed E-state index contributed by atoms with van der Waals surface area (Å²) in [6.45, 7) is 6.11. The van der Waals surface area contributed by atoms with Gasteiger partial charge < -0.3 is 10.6 Å². The molecular weight excluding hydrogens is 357 g/mol. The van der Waals surface area contributed by atoms with Gasteiger partial charge in [-0.15, -0.1) is 12.4 Å². The molecule has 0 spiro atoms. The van der Waals surface area contributed by atoms with Gasteiger partial charge in [-0.25, -0.2) is 4.39 Å². The van der Waals surface area contributed by atoms with Crippen molar-refractivity contribution in [3.8, 4) is 0 Å². The number of hydrogen-bond donors (Lipinski definition) is 2. The molecule has 7 heteroatoms. The number of hydrogen-bond acceptors (Lipinski definition) is 3. The van der Waals surface area contributed by atoms with E-state index in [4.69, 9.17) is 0 Å². The average Bonchev–Trinajstić information content (AvgIpc) is 2.90. The molecule has 1 heterocycles. The van der Waals surface area contributed by atoms with Crippen LogP contribution in [-0.2, 0) is 16.0 Å². The summed E-state index contributed by atoms with van der Waals surface area (Å²) in [5, 5.41) is 5.92. The first kappa shape index (κ1) is 22.4. The van der Waals surface area contributed by atoms with Gasteiger partial charge in [-0.1, -0.05) is 25.5 Å². The molecular formula is C19H29ClFN3O2. The molecule has 1 aliphatic rings. The highest BCUT2D eigenvalue weighted by Gasteiger charge is 2.33. The number of carbonyl (C=O) groups excluding carboxylic acids is 2. The lowest BCUT2D eigenvalue weighted by molar-refractivity contribution is -0.122. The first-order chi connectivity index (χ1) is 12.0. The highest BCUT2D eigenvalue weighted by molar-refractivity contribution is 5.85. The van der Waals surface area contributed by atoms with Crippen molar-refractivity contribution in [3.63, 3.8) is 0 Å². The largest absolute Gasteiger partial charge is 0.355 e. The molecule has 0 unspecified atom stereocenters. The molecule has 0 radical (unpaired) electrons. The van der Waals surface area contributed by atoms with E-state index in [1.807, 2.05) is 0 Å². The van der Waals surface area contributed by atoms with Crippen molar-refractivity contribution in [1.29, 1.82) is 0 Å². The predicted molar refractivity (Wildman–Crippen MR) is 103 cm³/mol. The van der Waals surface area contributed by atoms with Gasteiger partial charge in [0.05, 0.1) is 6.54 Å². The standard InChI is InChI=1S/C19H28FN3O2.ClH/c1-3-4-16-11-23(12-18(16)22-14(2)24)13-19(25)21-10-9-15-5-7-17(20)8-6-15;/h5-8,16,18H,3-4,9-13H2,1-2H3,(H,21,25)(H,22,24);1H/t16-,18-;/m0./s1. The quantitative estimate of drug-likeness (QED) is 0.720. The first-order valence-electron chi connectivity index (χ1n) is 8.98. The van der Waals surface area contributed by atoms with Gasteiger partial charge in [0.25, 0.3) is 0 Å².